The average Bonchev–Trinajstić information content (AvgIpc) is 3.06. The van der Waals surface area contributed by atoms with Gasteiger partial charge in [0.1, 0.15) is 5.75 Å². The zero-order valence-corrected chi connectivity index (χ0v) is 18.0. The van der Waals surface area contributed by atoms with Crippen LogP contribution in [0.1, 0.15) is 45.4 Å². The molecular weight excluding hydrogens is 362 g/mol. The molecule has 0 amide bonds. The minimum atomic E-state index is 0.0755. The van der Waals surface area contributed by atoms with Gasteiger partial charge in [0, 0.05) is 47.4 Å². The monoisotopic (exact) mass is 393 g/mol. The van der Waals surface area contributed by atoms with Crippen molar-refractivity contribution in [2.24, 2.45) is 0 Å². The predicted octanol–water partition coefficient (Wildman–Crippen LogP) is 3.99. The summed E-state index contributed by atoms with van der Waals surface area (Å²) in [6.45, 7) is 14.0. The van der Waals surface area contributed by atoms with Gasteiger partial charge in [-0.25, -0.2) is 4.98 Å². The number of phenols is 1. The zero-order chi connectivity index (χ0) is 20.8. The molecule has 3 heterocycles. The van der Waals surface area contributed by atoms with E-state index in [-0.39, 0.29) is 16.8 Å². The SMILES string of the molecule is CC[C@@]1(C)CNC(C)(C)CN1Cc1cc(-c2ccc(O)cc2)nc2n[nH]c(C)c12. The third-order valence-electron chi connectivity index (χ3n) is 6.37. The summed E-state index contributed by atoms with van der Waals surface area (Å²) in [4.78, 5) is 7.38. The van der Waals surface area contributed by atoms with Crippen LogP contribution in [0.5, 0.6) is 5.75 Å². The number of hydrogen-bond donors (Lipinski definition) is 3. The molecule has 1 aromatic carbocycles. The van der Waals surface area contributed by atoms with Gasteiger partial charge in [0.05, 0.1) is 5.69 Å². The zero-order valence-electron chi connectivity index (χ0n) is 18.0. The summed E-state index contributed by atoms with van der Waals surface area (Å²) in [7, 11) is 0. The number of phenolic OH excluding ortho intramolecular Hbond substituents is 1. The highest BCUT2D eigenvalue weighted by molar-refractivity contribution is 5.84. The van der Waals surface area contributed by atoms with Gasteiger partial charge in [-0.15, -0.1) is 0 Å². The Hall–Kier alpha value is -2.44. The van der Waals surface area contributed by atoms with Crippen LogP contribution in [-0.2, 0) is 6.54 Å². The van der Waals surface area contributed by atoms with Crippen molar-refractivity contribution in [2.75, 3.05) is 13.1 Å². The molecule has 0 spiro atoms. The summed E-state index contributed by atoms with van der Waals surface area (Å²) in [6.07, 6.45) is 1.08. The molecule has 2 aromatic heterocycles. The number of aromatic amines is 1. The van der Waals surface area contributed by atoms with Crippen LogP contribution in [0.2, 0.25) is 0 Å². The number of benzene rings is 1. The highest BCUT2D eigenvalue weighted by Crippen LogP contribution is 2.32. The van der Waals surface area contributed by atoms with Crippen LogP contribution in [0.4, 0.5) is 0 Å². The van der Waals surface area contributed by atoms with Crippen molar-refractivity contribution in [2.45, 2.75) is 58.7 Å². The molecule has 29 heavy (non-hydrogen) atoms. The number of nitrogens with one attached hydrogen (secondary N) is 2. The molecule has 1 fully saturated rings. The largest absolute Gasteiger partial charge is 0.508 e. The van der Waals surface area contributed by atoms with Crippen LogP contribution in [0.25, 0.3) is 22.3 Å². The maximum Gasteiger partial charge on any atom is 0.182 e. The maximum absolute atomic E-state index is 9.63. The Morgan fingerprint density at radius 2 is 1.90 bits per heavy atom. The molecule has 0 bridgehead atoms. The van der Waals surface area contributed by atoms with E-state index in [4.69, 9.17) is 4.98 Å². The summed E-state index contributed by atoms with van der Waals surface area (Å²) >= 11 is 0. The van der Waals surface area contributed by atoms with Crippen molar-refractivity contribution in [3.8, 4) is 17.0 Å². The molecule has 6 nitrogen and oxygen atoms in total. The normalized spacial score (nSPS) is 22.2. The van der Waals surface area contributed by atoms with Crippen LogP contribution in [0, 0.1) is 6.92 Å². The number of aromatic hydroxyl groups is 1. The number of pyridine rings is 1. The van der Waals surface area contributed by atoms with E-state index < -0.39 is 0 Å². The molecule has 154 valence electrons. The first-order valence-corrected chi connectivity index (χ1v) is 10.3. The van der Waals surface area contributed by atoms with E-state index in [1.807, 2.05) is 12.1 Å². The Bertz CT molecular complexity index is 1020. The lowest BCUT2D eigenvalue weighted by Gasteiger charge is -2.51. The Morgan fingerprint density at radius 3 is 2.59 bits per heavy atom. The molecule has 0 aliphatic carbocycles. The van der Waals surface area contributed by atoms with E-state index in [1.54, 1.807) is 12.1 Å². The molecule has 0 radical (unpaired) electrons. The van der Waals surface area contributed by atoms with Gasteiger partial charge in [-0.3, -0.25) is 10.00 Å². The highest BCUT2D eigenvalue weighted by Gasteiger charge is 2.39. The summed E-state index contributed by atoms with van der Waals surface area (Å²) in [6, 6.07) is 9.38. The molecule has 1 atom stereocenters. The van der Waals surface area contributed by atoms with Gasteiger partial charge in [0.15, 0.2) is 5.65 Å². The first-order chi connectivity index (χ1) is 13.7. The van der Waals surface area contributed by atoms with E-state index >= 15 is 0 Å². The quantitative estimate of drug-likeness (QED) is 0.625. The smallest absolute Gasteiger partial charge is 0.182 e. The topological polar surface area (TPSA) is 77.1 Å². The molecule has 1 aliphatic heterocycles. The molecule has 1 saturated heterocycles. The Balaban J connectivity index is 1.79. The second-order valence-corrected chi connectivity index (χ2v) is 9.20. The molecule has 0 unspecified atom stereocenters. The van der Waals surface area contributed by atoms with Crippen molar-refractivity contribution in [1.82, 2.24) is 25.4 Å². The van der Waals surface area contributed by atoms with E-state index in [0.29, 0.717) is 0 Å². The van der Waals surface area contributed by atoms with Crippen LogP contribution in [-0.4, -0.2) is 49.4 Å². The number of H-pyrrole nitrogens is 1. The Morgan fingerprint density at radius 1 is 1.17 bits per heavy atom. The fraction of sp³-hybridized carbons (Fsp3) is 0.478. The standard InChI is InChI=1S/C23H31N5O/c1-6-23(5)13-24-22(3,4)14-28(23)12-17-11-19(16-7-9-18(29)10-8-16)25-21-20(17)15(2)26-27-21/h7-11,24,29H,6,12-14H2,1-5H3,(H,25,26,27)/t23-/m0/s1. The van der Waals surface area contributed by atoms with Crippen molar-refractivity contribution in [1.29, 1.82) is 0 Å². The summed E-state index contributed by atoms with van der Waals surface area (Å²) in [5.41, 5.74) is 5.06. The number of rotatable bonds is 4. The predicted molar refractivity (Wildman–Crippen MR) is 117 cm³/mol. The first kappa shape index (κ1) is 19.9. The second-order valence-electron chi connectivity index (χ2n) is 9.20. The summed E-state index contributed by atoms with van der Waals surface area (Å²) in [5, 5.41) is 22.0. The van der Waals surface area contributed by atoms with Crippen molar-refractivity contribution in [3.05, 3.63) is 41.6 Å². The highest BCUT2D eigenvalue weighted by atomic mass is 16.3. The third-order valence-corrected chi connectivity index (χ3v) is 6.37. The molecule has 1 aliphatic rings. The van der Waals surface area contributed by atoms with Gasteiger partial charge >= 0.3 is 0 Å². The van der Waals surface area contributed by atoms with Crippen molar-refractivity contribution >= 4 is 11.0 Å². The van der Waals surface area contributed by atoms with Gasteiger partial charge in [-0.05, 0) is 70.0 Å². The van der Waals surface area contributed by atoms with Gasteiger partial charge in [-0.1, -0.05) is 6.92 Å². The molecule has 0 saturated carbocycles. The summed E-state index contributed by atoms with van der Waals surface area (Å²) < 4.78 is 0. The van der Waals surface area contributed by atoms with E-state index in [1.165, 1.54) is 5.56 Å². The fourth-order valence-electron chi connectivity index (χ4n) is 4.24. The van der Waals surface area contributed by atoms with Crippen LogP contribution >= 0.6 is 0 Å². The third kappa shape index (κ3) is 3.74. The fourth-order valence-corrected chi connectivity index (χ4v) is 4.24. The number of aryl methyl sites for hydroxylation is 1. The molecular formula is C23H31N5O. The first-order valence-electron chi connectivity index (χ1n) is 10.3. The van der Waals surface area contributed by atoms with Gasteiger partial charge < -0.3 is 10.4 Å². The summed E-state index contributed by atoms with van der Waals surface area (Å²) in [5.74, 6) is 0.257. The Labute approximate surface area is 172 Å². The van der Waals surface area contributed by atoms with Gasteiger partial charge in [0.25, 0.3) is 0 Å². The average molecular weight is 394 g/mol. The lowest BCUT2D eigenvalue weighted by Crippen LogP contribution is -2.66. The maximum atomic E-state index is 9.63. The lowest BCUT2D eigenvalue weighted by molar-refractivity contribution is 0.0178. The van der Waals surface area contributed by atoms with Crippen molar-refractivity contribution in [3.63, 3.8) is 0 Å². The second kappa shape index (κ2) is 7.11. The van der Waals surface area contributed by atoms with Crippen LogP contribution < -0.4 is 5.32 Å². The number of piperazine rings is 1. The number of nitrogens with zero attached hydrogens (tertiary/aromatic N) is 3. The molecule has 3 aromatic rings. The van der Waals surface area contributed by atoms with Crippen molar-refractivity contribution < 1.29 is 5.11 Å². The van der Waals surface area contributed by atoms with Gasteiger partial charge in [0.2, 0.25) is 0 Å². The van der Waals surface area contributed by atoms with E-state index in [0.717, 1.165) is 54.0 Å². The van der Waals surface area contributed by atoms with Crippen LogP contribution in [0.15, 0.2) is 30.3 Å². The number of fused-ring (bicyclic) bond motifs is 1. The molecule has 4 rings (SSSR count). The minimum absolute atomic E-state index is 0.0755. The molecule has 6 heteroatoms. The number of hydrogen-bond acceptors (Lipinski definition) is 5. The Kier molecular flexibility index (Phi) is 4.87. The van der Waals surface area contributed by atoms with Crippen LogP contribution in [0.3, 0.4) is 0 Å². The van der Waals surface area contributed by atoms with E-state index in [9.17, 15) is 5.11 Å². The lowest BCUT2D eigenvalue weighted by atomic mass is 9.87. The van der Waals surface area contributed by atoms with E-state index in [2.05, 4.69) is 61.1 Å². The molecule has 3 N–H and O–H groups in total. The van der Waals surface area contributed by atoms with Gasteiger partial charge in [-0.2, -0.15) is 5.10 Å². The minimum Gasteiger partial charge on any atom is -0.508 e. The number of aromatic nitrogens is 3.